The highest BCUT2D eigenvalue weighted by molar-refractivity contribution is 7.14. The zero-order valence-electron chi connectivity index (χ0n) is 15.9. The predicted molar refractivity (Wildman–Crippen MR) is 110 cm³/mol. The molecule has 8 heteroatoms. The number of rotatable bonds is 9. The number of nitrogens with zero attached hydrogens (tertiary/aromatic N) is 1. The van der Waals surface area contributed by atoms with Crippen molar-refractivity contribution in [2.45, 2.75) is 19.4 Å². The summed E-state index contributed by atoms with van der Waals surface area (Å²) < 4.78 is 21.3. The maximum Gasteiger partial charge on any atom is 0.306 e. The van der Waals surface area contributed by atoms with E-state index in [-0.39, 0.29) is 19.0 Å². The van der Waals surface area contributed by atoms with Crippen LogP contribution in [0, 0.1) is 0 Å². The Morgan fingerprint density at radius 1 is 1.07 bits per heavy atom. The highest BCUT2D eigenvalue weighted by Crippen LogP contribution is 2.38. The number of aromatic nitrogens is 1. The summed E-state index contributed by atoms with van der Waals surface area (Å²) >= 11 is 3.17. The largest absolute Gasteiger partial charge is 0.493 e. The van der Waals surface area contributed by atoms with E-state index in [4.69, 9.17) is 18.9 Å². The summed E-state index contributed by atoms with van der Waals surface area (Å²) in [6.07, 6.45) is 0.757. The lowest BCUT2D eigenvalue weighted by Crippen LogP contribution is -2.06. The highest BCUT2D eigenvalue weighted by Gasteiger charge is 2.14. The molecule has 0 saturated heterocycles. The molecule has 0 aliphatic heterocycles. The lowest BCUT2D eigenvalue weighted by atomic mass is 10.1. The molecular formula is C20H21NO5S2. The number of thiazole rings is 1. The van der Waals surface area contributed by atoms with Crippen molar-refractivity contribution in [3.63, 3.8) is 0 Å². The first-order valence-electron chi connectivity index (χ1n) is 8.56. The maximum absolute atomic E-state index is 12.1. The topological polar surface area (TPSA) is 66.9 Å². The van der Waals surface area contributed by atoms with Crippen molar-refractivity contribution in [2.75, 3.05) is 21.3 Å². The molecule has 6 nitrogen and oxygen atoms in total. The molecule has 0 unspecified atom stereocenters. The van der Waals surface area contributed by atoms with Crippen LogP contribution in [0.1, 0.15) is 17.7 Å². The van der Waals surface area contributed by atoms with Gasteiger partial charge < -0.3 is 18.9 Å². The number of carbonyl (C=O) groups excluding carboxylic acids is 1. The van der Waals surface area contributed by atoms with Crippen molar-refractivity contribution in [1.29, 1.82) is 0 Å². The van der Waals surface area contributed by atoms with E-state index in [1.54, 1.807) is 44.0 Å². The lowest BCUT2D eigenvalue weighted by molar-refractivity contribution is -0.145. The molecule has 148 valence electrons. The molecule has 0 atom stereocenters. The van der Waals surface area contributed by atoms with Crippen molar-refractivity contribution >= 4 is 28.6 Å². The Kier molecular flexibility index (Phi) is 6.89. The molecule has 0 bridgehead atoms. The fraction of sp³-hybridized carbons (Fsp3) is 0.300. The molecule has 3 aromatic rings. The van der Waals surface area contributed by atoms with Crippen LogP contribution >= 0.6 is 22.7 Å². The van der Waals surface area contributed by atoms with Crippen LogP contribution < -0.4 is 14.2 Å². The first kappa shape index (κ1) is 20.2. The van der Waals surface area contributed by atoms with Crippen LogP contribution in [0.15, 0.2) is 34.3 Å². The quantitative estimate of drug-likeness (QED) is 0.473. The third-order valence-corrected chi connectivity index (χ3v) is 5.67. The predicted octanol–water partition coefficient (Wildman–Crippen LogP) is 4.57. The minimum atomic E-state index is -0.279. The van der Waals surface area contributed by atoms with Crippen LogP contribution in [-0.4, -0.2) is 32.3 Å². The Bertz CT molecular complexity index is 896. The molecule has 3 rings (SSSR count). The van der Waals surface area contributed by atoms with Gasteiger partial charge in [-0.1, -0.05) is 0 Å². The number of benzene rings is 1. The fourth-order valence-corrected chi connectivity index (χ4v) is 4.16. The average molecular weight is 420 g/mol. The third kappa shape index (κ3) is 4.82. The van der Waals surface area contributed by atoms with Gasteiger partial charge in [0.2, 0.25) is 5.75 Å². The maximum atomic E-state index is 12.1. The molecule has 0 N–H and O–H groups in total. The Labute approximate surface area is 171 Å². The van der Waals surface area contributed by atoms with Crippen LogP contribution in [0.4, 0.5) is 0 Å². The van der Waals surface area contributed by atoms with E-state index in [1.165, 1.54) is 0 Å². The number of carbonyl (C=O) groups is 1. The standard InChI is InChI=1S/C20H21NO5S2/c1-23-16-8-13(9-17(24-2)19(16)25-3)4-5-18(22)26-10-15-12-28-20(21-15)14-6-7-27-11-14/h6-9,11-12H,4-5,10H2,1-3H3. The van der Waals surface area contributed by atoms with E-state index in [1.807, 2.05) is 34.3 Å². The smallest absolute Gasteiger partial charge is 0.306 e. The molecule has 0 aliphatic carbocycles. The Balaban J connectivity index is 1.54. The number of esters is 1. The number of thiophene rings is 1. The van der Waals surface area contributed by atoms with E-state index in [2.05, 4.69) is 4.98 Å². The molecule has 0 amide bonds. The van der Waals surface area contributed by atoms with Crippen LogP contribution in [0.2, 0.25) is 0 Å². The van der Waals surface area contributed by atoms with Gasteiger partial charge in [-0.05, 0) is 35.6 Å². The molecule has 2 heterocycles. The van der Waals surface area contributed by atoms with Gasteiger partial charge in [-0.3, -0.25) is 4.79 Å². The molecule has 0 saturated carbocycles. The molecule has 0 fully saturated rings. The normalized spacial score (nSPS) is 10.5. The van der Waals surface area contributed by atoms with Gasteiger partial charge in [0.05, 0.1) is 27.0 Å². The van der Waals surface area contributed by atoms with E-state index < -0.39 is 0 Å². The summed E-state index contributed by atoms with van der Waals surface area (Å²) in [6.45, 7) is 0.175. The molecule has 0 aliphatic rings. The third-order valence-electron chi connectivity index (χ3n) is 4.04. The first-order chi connectivity index (χ1) is 13.6. The first-order valence-corrected chi connectivity index (χ1v) is 10.4. The van der Waals surface area contributed by atoms with E-state index in [0.29, 0.717) is 23.7 Å². The van der Waals surface area contributed by atoms with Crippen LogP contribution in [-0.2, 0) is 22.6 Å². The zero-order chi connectivity index (χ0) is 19.9. The van der Waals surface area contributed by atoms with Crippen LogP contribution in [0.5, 0.6) is 17.2 Å². The summed E-state index contributed by atoms with van der Waals surface area (Å²) in [7, 11) is 4.68. The number of aryl methyl sites for hydroxylation is 1. The minimum Gasteiger partial charge on any atom is -0.493 e. The molecule has 0 spiro atoms. The molecular weight excluding hydrogens is 398 g/mol. The number of hydrogen-bond donors (Lipinski definition) is 0. The number of hydrogen-bond acceptors (Lipinski definition) is 8. The summed E-state index contributed by atoms with van der Waals surface area (Å²) in [6, 6.07) is 5.70. The van der Waals surface area contributed by atoms with Gasteiger partial charge >= 0.3 is 5.97 Å². The Morgan fingerprint density at radius 3 is 2.43 bits per heavy atom. The highest BCUT2D eigenvalue weighted by atomic mass is 32.1. The van der Waals surface area contributed by atoms with Crippen molar-refractivity contribution in [3.8, 4) is 27.8 Å². The minimum absolute atomic E-state index is 0.175. The van der Waals surface area contributed by atoms with E-state index >= 15 is 0 Å². The van der Waals surface area contributed by atoms with E-state index in [9.17, 15) is 4.79 Å². The van der Waals surface area contributed by atoms with Gasteiger partial charge in [-0.25, -0.2) is 4.98 Å². The van der Waals surface area contributed by atoms with Crippen molar-refractivity contribution < 1.29 is 23.7 Å². The summed E-state index contributed by atoms with van der Waals surface area (Å²) in [5.41, 5.74) is 2.75. The molecule has 0 radical (unpaired) electrons. The van der Waals surface area contributed by atoms with Gasteiger partial charge in [0, 0.05) is 22.7 Å². The fourth-order valence-electron chi connectivity index (χ4n) is 2.64. The number of methoxy groups -OCH3 is 3. The second-order valence-electron chi connectivity index (χ2n) is 5.85. The van der Waals surface area contributed by atoms with E-state index in [0.717, 1.165) is 21.8 Å². The van der Waals surface area contributed by atoms with Gasteiger partial charge in [0.1, 0.15) is 11.6 Å². The Hall–Kier alpha value is -2.58. The molecule has 28 heavy (non-hydrogen) atoms. The van der Waals surface area contributed by atoms with Crippen molar-refractivity contribution in [2.24, 2.45) is 0 Å². The van der Waals surface area contributed by atoms with Gasteiger partial charge in [0.25, 0.3) is 0 Å². The number of ether oxygens (including phenoxy) is 4. The summed E-state index contributed by atoms with van der Waals surface area (Å²) in [5, 5.41) is 6.91. The van der Waals surface area contributed by atoms with Gasteiger partial charge in [0.15, 0.2) is 11.5 Å². The second kappa shape index (κ2) is 9.57. The Morgan fingerprint density at radius 2 is 1.82 bits per heavy atom. The van der Waals surface area contributed by atoms with Gasteiger partial charge in [-0.2, -0.15) is 11.3 Å². The van der Waals surface area contributed by atoms with Crippen molar-refractivity contribution in [1.82, 2.24) is 4.98 Å². The summed E-state index contributed by atoms with van der Waals surface area (Å²) in [5.74, 6) is 1.38. The van der Waals surface area contributed by atoms with Crippen LogP contribution in [0.25, 0.3) is 10.6 Å². The SMILES string of the molecule is COc1cc(CCC(=O)OCc2csc(-c3ccsc3)n2)cc(OC)c1OC. The summed E-state index contributed by atoms with van der Waals surface area (Å²) in [4.78, 5) is 16.6. The van der Waals surface area contributed by atoms with Crippen LogP contribution in [0.3, 0.4) is 0 Å². The molecule has 2 aromatic heterocycles. The lowest BCUT2D eigenvalue weighted by Gasteiger charge is -2.14. The van der Waals surface area contributed by atoms with Gasteiger partial charge in [-0.15, -0.1) is 11.3 Å². The molecule has 1 aromatic carbocycles. The monoisotopic (exact) mass is 419 g/mol. The average Bonchev–Trinajstić information content (AvgIpc) is 3.41. The van der Waals surface area contributed by atoms with Crippen molar-refractivity contribution in [3.05, 3.63) is 45.6 Å². The zero-order valence-corrected chi connectivity index (χ0v) is 17.5. The second-order valence-corrected chi connectivity index (χ2v) is 7.49.